The first-order valence-corrected chi connectivity index (χ1v) is 14.6. The predicted molar refractivity (Wildman–Crippen MR) is 166 cm³/mol. The third-order valence-electron chi connectivity index (χ3n) is 8.18. The fourth-order valence-corrected chi connectivity index (χ4v) is 5.85. The average molecular weight is 577 g/mol. The molecule has 220 valence electrons. The minimum absolute atomic E-state index is 0.0163. The Balaban J connectivity index is 1.49. The normalized spacial score (nSPS) is 14.9. The van der Waals surface area contributed by atoms with E-state index in [-0.39, 0.29) is 43.3 Å². The fourth-order valence-electron chi connectivity index (χ4n) is 5.85. The number of carboxylic acids is 1. The highest BCUT2D eigenvalue weighted by Crippen LogP contribution is 2.32. The van der Waals surface area contributed by atoms with Crippen LogP contribution in [0, 0.1) is 0 Å². The summed E-state index contributed by atoms with van der Waals surface area (Å²) in [7, 11) is 0. The summed E-state index contributed by atoms with van der Waals surface area (Å²) < 4.78 is 0. The molecule has 1 aliphatic rings. The summed E-state index contributed by atoms with van der Waals surface area (Å²) >= 11 is 0. The molecule has 0 radical (unpaired) electrons. The zero-order valence-electron chi connectivity index (χ0n) is 24.2. The Bertz CT molecular complexity index is 1600. The molecule has 5 rings (SSSR count). The SMILES string of the molecule is CC(CN(CCC(=O)O)C(=O)c1ccccc1-c1ccccc1C(=O)N1Cc2ccccc2C[C@H]1CO)c1ccccc1. The minimum atomic E-state index is -0.976. The van der Waals surface area contributed by atoms with Crippen molar-refractivity contribution in [2.75, 3.05) is 19.7 Å². The van der Waals surface area contributed by atoms with Crippen molar-refractivity contribution in [2.45, 2.75) is 38.3 Å². The number of hydrogen-bond donors (Lipinski definition) is 2. The van der Waals surface area contributed by atoms with Gasteiger partial charge in [0, 0.05) is 30.8 Å². The molecule has 1 aliphatic heterocycles. The van der Waals surface area contributed by atoms with Gasteiger partial charge in [-0.1, -0.05) is 97.9 Å². The molecule has 2 amide bonds. The van der Waals surface area contributed by atoms with Gasteiger partial charge in [0.05, 0.1) is 19.1 Å². The van der Waals surface area contributed by atoms with Crippen LogP contribution in [0.5, 0.6) is 0 Å². The first kappa shape index (κ1) is 29.7. The van der Waals surface area contributed by atoms with Crippen molar-refractivity contribution < 1.29 is 24.6 Å². The van der Waals surface area contributed by atoms with Gasteiger partial charge in [0.25, 0.3) is 11.8 Å². The number of aliphatic hydroxyl groups is 1. The molecule has 0 spiro atoms. The van der Waals surface area contributed by atoms with Crippen LogP contribution in [0.25, 0.3) is 11.1 Å². The highest BCUT2D eigenvalue weighted by atomic mass is 16.4. The van der Waals surface area contributed by atoms with E-state index in [1.165, 1.54) is 0 Å². The Hall–Kier alpha value is -4.75. The molecule has 2 atom stereocenters. The number of benzene rings is 4. The monoisotopic (exact) mass is 576 g/mol. The summed E-state index contributed by atoms with van der Waals surface area (Å²) in [6.45, 7) is 2.65. The van der Waals surface area contributed by atoms with Crippen molar-refractivity contribution in [3.8, 4) is 11.1 Å². The molecule has 0 aromatic heterocycles. The van der Waals surface area contributed by atoms with Crippen LogP contribution in [-0.2, 0) is 17.8 Å². The van der Waals surface area contributed by atoms with Gasteiger partial charge in [0.2, 0.25) is 0 Å². The third-order valence-corrected chi connectivity index (χ3v) is 8.18. The molecule has 0 saturated heterocycles. The lowest BCUT2D eigenvalue weighted by Gasteiger charge is -2.36. The van der Waals surface area contributed by atoms with Crippen LogP contribution in [0.15, 0.2) is 103 Å². The molecule has 1 unspecified atom stereocenters. The number of fused-ring (bicyclic) bond motifs is 1. The number of carboxylic acid groups (broad SMARTS) is 1. The highest BCUT2D eigenvalue weighted by molar-refractivity contribution is 6.06. The Morgan fingerprint density at radius 2 is 1.40 bits per heavy atom. The molecule has 0 aliphatic carbocycles. The zero-order chi connectivity index (χ0) is 30.3. The fraction of sp³-hybridized carbons (Fsp3) is 0.250. The van der Waals surface area contributed by atoms with Crippen molar-refractivity contribution in [1.29, 1.82) is 0 Å². The van der Waals surface area contributed by atoms with Crippen LogP contribution in [-0.4, -0.2) is 63.5 Å². The molecule has 0 fully saturated rings. The number of carbonyl (C=O) groups excluding carboxylic acids is 2. The lowest BCUT2D eigenvalue weighted by Crippen LogP contribution is -2.46. The predicted octanol–water partition coefficient (Wildman–Crippen LogP) is 5.63. The molecule has 0 bridgehead atoms. The van der Waals surface area contributed by atoms with Crippen molar-refractivity contribution in [3.05, 3.63) is 131 Å². The average Bonchev–Trinajstić information content (AvgIpc) is 3.05. The van der Waals surface area contributed by atoms with E-state index in [9.17, 15) is 24.6 Å². The van der Waals surface area contributed by atoms with Crippen LogP contribution in [0.1, 0.15) is 56.7 Å². The lowest BCUT2D eigenvalue weighted by atomic mass is 9.91. The second-order valence-electron chi connectivity index (χ2n) is 11.0. The maximum atomic E-state index is 14.1. The molecule has 7 heteroatoms. The molecule has 1 heterocycles. The Kier molecular flexibility index (Phi) is 9.32. The molecule has 4 aromatic rings. The maximum Gasteiger partial charge on any atom is 0.305 e. The Labute approximate surface area is 252 Å². The van der Waals surface area contributed by atoms with Crippen LogP contribution < -0.4 is 0 Å². The van der Waals surface area contributed by atoms with E-state index in [1.54, 1.807) is 34.1 Å². The van der Waals surface area contributed by atoms with Gasteiger partial charge in [-0.15, -0.1) is 0 Å². The molecular formula is C36H36N2O5. The second kappa shape index (κ2) is 13.5. The van der Waals surface area contributed by atoms with Gasteiger partial charge < -0.3 is 20.0 Å². The molecule has 43 heavy (non-hydrogen) atoms. The maximum absolute atomic E-state index is 14.1. The van der Waals surface area contributed by atoms with E-state index in [2.05, 4.69) is 0 Å². The molecular weight excluding hydrogens is 540 g/mol. The van der Waals surface area contributed by atoms with Crippen LogP contribution in [0.4, 0.5) is 0 Å². The number of aliphatic carboxylic acids is 1. The van der Waals surface area contributed by atoms with E-state index in [1.807, 2.05) is 85.8 Å². The first-order valence-electron chi connectivity index (χ1n) is 14.6. The van der Waals surface area contributed by atoms with Gasteiger partial charge in [0.1, 0.15) is 0 Å². The molecule has 0 saturated carbocycles. The smallest absolute Gasteiger partial charge is 0.305 e. The Morgan fingerprint density at radius 1 is 0.814 bits per heavy atom. The van der Waals surface area contributed by atoms with Crippen LogP contribution in [0.3, 0.4) is 0 Å². The highest BCUT2D eigenvalue weighted by Gasteiger charge is 2.32. The van der Waals surface area contributed by atoms with Crippen molar-refractivity contribution in [3.63, 3.8) is 0 Å². The Morgan fingerprint density at radius 3 is 2.07 bits per heavy atom. The van der Waals surface area contributed by atoms with Crippen molar-refractivity contribution in [2.24, 2.45) is 0 Å². The molecule has 7 nitrogen and oxygen atoms in total. The summed E-state index contributed by atoms with van der Waals surface area (Å²) in [5.41, 5.74) is 5.28. The molecule has 4 aromatic carbocycles. The minimum Gasteiger partial charge on any atom is -0.481 e. The zero-order valence-corrected chi connectivity index (χ0v) is 24.2. The van der Waals surface area contributed by atoms with Crippen molar-refractivity contribution >= 4 is 17.8 Å². The van der Waals surface area contributed by atoms with E-state index >= 15 is 0 Å². The topological polar surface area (TPSA) is 98.2 Å². The van der Waals surface area contributed by atoms with Gasteiger partial charge in [-0.05, 0) is 52.3 Å². The second-order valence-corrected chi connectivity index (χ2v) is 11.0. The number of nitrogens with zero attached hydrogens (tertiary/aromatic N) is 2. The van der Waals surface area contributed by atoms with Gasteiger partial charge in [-0.3, -0.25) is 14.4 Å². The van der Waals surface area contributed by atoms with Gasteiger partial charge in [-0.25, -0.2) is 0 Å². The first-order chi connectivity index (χ1) is 20.9. The van der Waals surface area contributed by atoms with E-state index in [4.69, 9.17) is 0 Å². The van der Waals surface area contributed by atoms with E-state index < -0.39 is 5.97 Å². The summed E-state index contributed by atoms with van der Waals surface area (Å²) in [5, 5.41) is 19.6. The summed E-state index contributed by atoms with van der Waals surface area (Å²) in [5.74, 6) is -1.50. The largest absolute Gasteiger partial charge is 0.481 e. The quantitative estimate of drug-likeness (QED) is 0.255. The summed E-state index contributed by atoms with van der Waals surface area (Å²) in [4.78, 5) is 43.1. The summed E-state index contributed by atoms with van der Waals surface area (Å²) in [6.07, 6.45) is 0.386. The third kappa shape index (κ3) is 6.68. The van der Waals surface area contributed by atoms with Crippen LogP contribution >= 0.6 is 0 Å². The number of carbonyl (C=O) groups is 3. The van der Waals surface area contributed by atoms with Gasteiger partial charge >= 0.3 is 5.97 Å². The number of amides is 2. The van der Waals surface area contributed by atoms with E-state index in [0.717, 1.165) is 16.7 Å². The van der Waals surface area contributed by atoms with Crippen LogP contribution in [0.2, 0.25) is 0 Å². The molecule has 2 N–H and O–H groups in total. The number of rotatable bonds is 10. The lowest BCUT2D eigenvalue weighted by molar-refractivity contribution is -0.137. The number of hydrogen-bond acceptors (Lipinski definition) is 4. The standard InChI is InChI=1S/C36H36N2O5/c1-25(26-11-3-2-4-12-26)22-37(20-19-34(40)41)35(42)32-17-9-7-15-30(32)31-16-8-10-18-33(31)36(43)38-23-28-14-6-5-13-27(28)21-29(38)24-39/h2-18,25,29,39H,19-24H2,1H3,(H,40,41)/t25?,29-/m0/s1. The van der Waals surface area contributed by atoms with Gasteiger partial charge in [0.15, 0.2) is 0 Å². The van der Waals surface area contributed by atoms with Crippen molar-refractivity contribution in [1.82, 2.24) is 9.80 Å². The van der Waals surface area contributed by atoms with E-state index in [0.29, 0.717) is 41.8 Å². The summed E-state index contributed by atoms with van der Waals surface area (Å²) in [6, 6.07) is 31.8. The number of aliphatic hydroxyl groups excluding tert-OH is 1. The van der Waals surface area contributed by atoms with Gasteiger partial charge in [-0.2, -0.15) is 0 Å².